The van der Waals surface area contributed by atoms with Crippen molar-refractivity contribution in [1.29, 1.82) is 0 Å². The molecule has 0 atom stereocenters. The van der Waals surface area contributed by atoms with Gasteiger partial charge in [-0.25, -0.2) is 0 Å². The molecule has 1 aromatic heterocycles. The lowest BCUT2D eigenvalue weighted by molar-refractivity contribution is -0.402. The molecule has 0 unspecified atom stereocenters. The van der Waals surface area contributed by atoms with Crippen LogP contribution in [-0.4, -0.2) is 29.5 Å². The van der Waals surface area contributed by atoms with Crippen LogP contribution in [0.25, 0.3) is 0 Å². The summed E-state index contributed by atoms with van der Waals surface area (Å²) in [4.78, 5) is 33.0. The predicted molar refractivity (Wildman–Crippen MR) is 82.5 cm³/mol. The zero-order valence-electron chi connectivity index (χ0n) is 13.0. The highest BCUT2D eigenvalue weighted by Gasteiger charge is 2.27. The second-order valence-corrected chi connectivity index (χ2v) is 5.11. The third-order valence-corrected chi connectivity index (χ3v) is 3.06. The molecule has 1 aromatic carbocycles. The molecule has 2 aromatic rings. The van der Waals surface area contributed by atoms with E-state index in [1.54, 1.807) is 5.32 Å². The zero-order valence-corrected chi connectivity index (χ0v) is 13.0. The number of benzene rings is 1. The van der Waals surface area contributed by atoms with Crippen molar-refractivity contribution in [2.45, 2.75) is 12.6 Å². The fourth-order valence-corrected chi connectivity index (χ4v) is 1.89. The Hall–Kier alpha value is -3.37. The van der Waals surface area contributed by atoms with Crippen molar-refractivity contribution in [2.24, 2.45) is 0 Å². The first-order chi connectivity index (χ1) is 12.1. The number of carbonyl (C=O) groups excluding carboxylic acids is 2. The number of furan rings is 1. The van der Waals surface area contributed by atoms with Crippen molar-refractivity contribution >= 4 is 23.4 Å². The predicted octanol–water partition coefficient (Wildman–Crippen LogP) is 2.66. The first-order valence-electron chi connectivity index (χ1n) is 7.12. The van der Waals surface area contributed by atoms with Crippen molar-refractivity contribution in [1.82, 2.24) is 5.32 Å². The van der Waals surface area contributed by atoms with E-state index in [0.717, 1.165) is 12.1 Å². The van der Waals surface area contributed by atoms with Gasteiger partial charge in [0.15, 0.2) is 5.76 Å². The minimum atomic E-state index is -4.48. The van der Waals surface area contributed by atoms with Gasteiger partial charge in [-0.1, -0.05) is 12.1 Å². The number of nitrogens with one attached hydrogen (secondary N) is 2. The minimum Gasteiger partial charge on any atom is -0.395 e. The number of rotatable bonds is 6. The number of nitro groups is 1. The van der Waals surface area contributed by atoms with Crippen LogP contribution in [-0.2, 0) is 11.2 Å². The monoisotopic (exact) mass is 371 g/mol. The molecule has 138 valence electrons. The molecule has 2 amide bonds. The Labute approximate surface area is 144 Å². The summed E-state index contributed by atoms with van der Waals surface area (Å²) in [5.41, 5.74) is 0.754. The van der Waals surface area contributed by atoms with Crippen LogP contribution in [0, 0.1) is 10.1 Å². The SMILES string of the molecule is O=C(Cc1ccc(NC(=O)c2ccc([N+](=O)[O-])o2)cc1)NCC(F)(F)F. The summed E-state index contributed by atoms with van der Waals surface area (Å²) >= 11 is 0. The summed E-state index contributed by atoms with van der Waals surface area (Å²) < 4.78 is 40.8. The first kappa shape index (κ1) is 19.0. The van der Waals surface area contributed by atoms with Crippen LogP contribution in [0.2, 0.25) is 0 Å². The number of hydrogen-bond donors (Lipinski definition) is 2. The molecule has 8 nitrogen and oxygen atoms in total. The Morgan fingerprint density at radius 3 is 2.31 bits per heavy atom. The lowest BCUT2D eigenvalue weighted by Crippen LogP contribution is -2.34. The number of halogens is 3. The van der Waals surface area contributed by atoms with Gasteiger partial charge >= 0.3 is 12.1 Å². The molecular formula is C15H12F3N3O5. The Morgan fingerprint density at radius 1 is 1.12 bits per heavy atom. The quantitative estimate of drug-likeness (QED) is 0.598. The maximum Gasteiger partial charge on any atom is 0.433 e. The molecule has 1 heterocycles. The molecule has 0 bridgehead atoms. The molecule has 0 saturated carbocycles. The van der Waals surface area contributed by atoms with Crippen LogP contribution in [0.1, 0.15) is 16.1 Å². The maximum atomic E-state index is 12.0. The van der Waals surface area contributed by atoms with Crippen LogP contribution in [0.4, 0.5) is 24.7 Å². The number of alkyl halides is 3. The summed E-state index contributed by atoms with van der Waals surface area (Å²) in [5.74, 6) is -2.33. The van der Waals surface area contributed by atoms with E-state index in [9.17, 15) is 32.9 Å². The van der Waals surface area contributed by atoms with Gasteiger partial charge in [0, 0.05) is 5.69 Å². The standard InChI is InChI=1S/C15H12F3N3O5/c16-15(17,18)8-19-12(22)7-9-1-3-10(4-2-9)20-14(23)11-5-6-13(26-11)21(24)25/h1-6H,7-8H2,(H,19,22)(H,20,23). The van der Waals surface area contributed by atoms with Crippen LogP contribution in [0.3, 0.4) is 0 Å². The normalized spacial score (nSPS) is 11.0. The fourth-order valence-electron chi connectivity index (χ4n) is 1.89. The highest BCUT2D eigenvalue weighted by atomic mass is 19.4. The van der Waals surface area contributed by atoms with Crippen LogP contribution in [0.5, 0.6) is 0 Å². The van der Waals surface area contributed by atoms with Gasteiger partial charge < -0.3 is 15.1 Å². The van der Waals surface area contributed by atoms with E-state index in [1.807, 2.05) is 0 Å². The van der Waals surface area contributed by atoms with Gasteiger partial charge in [0.05, 0.1) is 12.5 Å². The fraction of sp³-hybridized carbons (Fsp3) is 0.200. The summed E-state index contributed by atoms with van der Waals surface area (Å²) in [6.45, 7) is -1.41. The average molecular weight is 371 g/mol. The van der Waals surface area contributed by atoms with E-state index in [1.165, 1.54) is 24.3 Å². The van der Waals surface area contributed by atoms with E-state index in [4.69, 9.17) is 4.42 Å². The van der Waals surface area contributed by atoms with Gasteiger partial charge in [-0.2, -0.15) is 13.2 Å². The number of nitrogens with zero attached hydrogens (tertiary/aromatic N) is 1. The van der Waals surface area contributed by atoms with E-state index in [-0.39, 0.29) is 12.2 Å². The molecule has 0 aliphatic heterocycles. The molecule has 0 fully saturated rings. The second-order valence-electron chi connectivity index (χ2n) is 5.11. The first-order valence-corrected chi connectivity index (χ1v) is 7.12. The third kappa shape index (κ3) is 5.61. The summed E-state index contributed by atoms with van der Waals surface area (Å²) in [6, 6.07) is 7.95. The van der Waals surface area contributed by atoms with Crippen molar-refractivity contribution in [3.8, 4) is 0 Å². The van der Waals surface area contributed by atoms with Crippen molar-refractivity contribution in [2.75, 3.05) is 11.9 Å². The molecular weight excluding hydrogens is 359 g/mol. The van der Waals surface area contributed by atoms with Gasteiger partial charge in [-0.15, -0.1) is 0 Å². The van der Waals surface area contributed by atoms with Gasteiger partial charge in [0.25, 0.3) is 5.91 Å². The molecule has 0 aliphatic rings. The van der Waals surface area contributed by atoms with E-state index < -0.39 is 35.3 Å². The molecule has 0 aliphatic carbocycles. The van der Waals surface area contributed by atoms with Crippen molar-refractivity contribution < 1.29 is 32.1 Å². The zero-order chi connectivity index (χ0) is 19.3. The Bertz CT molecular complexity index is 815. The number of amides is 2. The van der Waals surface area contributed by atoms with Gasteiger partial charge in [0.1, 0.15) is 11.5 Å². The van der Waals surface area contributed by atoms with E-state index in [0.29, 0.717) is 11.3 Å². The number of anilines is 1. The molecule has 0 saturated heterocycles. The molecule has 11 heteroatoms. The van der Waals surface area contributed by atoms with Crippen molar-refractivity contribution in [3.05, 3.63) is 57.8 Å². The van der Waals surface area contributed by atoms with Gasteiger partial charge in [-0.3, -0.25) is 19.7 Å². The topological polar surface area (TPSA) is 114 Å². The van der Waals surface area contributed by atoms with E-state index >= 15 is 0 Å². The number of carbonyl (C=O) groups is 2. The summed E-state index contributed by atoms with van der Waals surface area (Å²) in [6.07, 6.45) is -4.74. The molecule has 0 spiro atoms. The molecule has 2 rings (SSSR count). The van der Waals surface area contributed by atoms with Crippen LogP contribution >= 0.6 is 0 Å². The molecule has 0 radical (unpaired) electrons. The third-order valence-electron chi connectivity index (χ3n) is 3.06. The minimum absolute atomic E-state index is 0.255. The van der Waals surface area contributed by atoms with Crippen molar-refractivity contribution in [3.63, 3.8) is 0 Å². The highest BCUT2D eigenvalue weighted by Crippen LogP contribution is 2.18. The lowest BCUT2D eigenvalue weighted by atomic mass is 10.1. The number of hydrogen-bond acceptors (Lipinski definition) is 5. The Balaban J connectivity index is 1.91. The Morgan fingerprint density at radius 2 is 1.77 bits per heavy atom. The molecule has 26 heavy (non-hydrogen) atoms. The second kappa shape index (κ2) is 7.68. The van der Waals surface area contributed by atoms with Crippen LogP contribution in [0.15, 0.2) is 40.8 Å². The Kier molecular flexibility index (Phi) is 5.60. The van der Waals surface area contributed by atoms with Gasteiger partial charge in [-0.05, 0) is 23.8 Å². The summed E-state index contributed by atoms with van der Waals surface area (Å²) in [5, 5.41) is 14.7. The summed E-state index contributed by atoms with van der Waals surface area (Å²) in [7, 11) is 0. The van der Waals surface area contributed by atoms with E-state index in [2.05, 4.69) is 5.32 Å². The molecule has 2 N–H and O–H groups in total. The smallest absolute Gasteiger partial charge is 0.395 e. The average Bonchev–Trinajstić information content (AvgIpc) is 3.04. The van der Waals surface area contributed by atoms with Crippen LogP contribution < -0.4 is 10.6 Å². The highest BCUT2D eigenvalue weighted by molar-refractivity contribution is 6.02. The lowest BCUT2D eigenvalue weighted by Gasteiger charge is -2.09. The largest absolute Gasteiger partial charge is 0.433 e. The van der Waals surface area contributed by atoms with Gasteiger partial charge in [0.2, 0.25) is 5.91 Å². The maximum absolute atomic E-state index is 12.0.